The first kappa shape index (κ1) is 31.6. The Morgan fingerprint density at radius 1 is 0.364 bits per heavy atom. The van der Waals surface area contributed by atoms with Crippen LogP contribution in [0.4, 0.5) is 0 Å². The Labute approximate surface area is 323 Å². The Balaban J connectivity index is 1.45. The third kappa shape index (κ3) is 4.94. The molecule has 55 heavy (non-hydrogen) atoms. The van der Waals surface area contributed by atoms with Crippen LogP contribution in [0.2, 0.25) is 0 Å². The van der Waals surface area contributed by atoms with Crippen LogP contribution in [0.1, 0.15) is 0 Å². The summed E-state index contributed by atoms with van der Waals surface area (Å²) in [5, 5.41) is 4.98. The van der Waals surface area contributed by atoms with Crippen molar-refractivity contribution in [3.05, 3.63) is 206 Å². The second-order valence-electron chi connectivity index (χ2n) is 14.0. The molecule has 3 heteroatoms. The maximum Gasteiger partial charge on any atom is 0.0721 e. The van der Waals surface area contributed by atoms with E-state index in [0.717, 1.165) is 5.69 Å². The Morgan fingerprint density at radius 3 is 1.38 bits per heavy atom. The normalized spacial score (nSPS) is 11.6. The van der Waals surface area contributed by atoms with E-state index in [2.05, 4.69) is 215 Å². The van der Waals surface area contributed by atoms with Gasteiger partial charge in [-0.05, 0) is 52.6 Å². The van der Waals surface area contributed by atoms with Crippen molar-refractivity contribution in [2.75, 3.05) is 0 Å². The van der Waals surface area contributed by atoms with E-state index >= 15 is 0 Å². The van der Waals surface area contributed by atoms with Gasteiger partial charge in [-0.2, -0.15) is 0 Å². The minimum atomic E-state index is 1.13. The fourth-order valence-electron chi connectivity index (χ4n) is 8.64. The van der Waals surface area contributed by atoms with Crippen LogP contribution in [0.25, 0.3) is 98.1 Å². The second-order valence-corrected chi connectivity index (χ2v) is 15.1. The molecule has 11 aromatic rings. The number of aromatic nitrogens is 2. The number of hydrogen-bond acceptors (Lipinski definition) is 1. The average Bonchev–Trinajstić information content (AvgIpc) is 3.94. The summed E-state index contributed by atoms with van der Waals surface area (Å²) in [6.45, 7) is 0. The standard InChI is InChI=1S/C52H34N2S/c1-6-20-35(21-7-1)46-42-34-45(54-43-32-18-16-30-40(43)41-31-17-19-33-44(41)54)48-47(36-22-8-2-9-23-36)51(38-26-12-4-13-27-38)55-52(48)50(42)53(39-28-14-5-15-29-39)49(46)37-24-10-3-11-25-37/h1-34H. The molecule has 0 amide bonds. The lowest BCUT2D eigenvalue weighted by molar-refractivity contribution is 1.14. The summed E-state index contributed by atoms with van der Waals surface area (Å²) in [4.78, 5) is 1.26. The highest BCUT2D eigenvalue weighted by Gasteiger charge is 2.29. The van der Waals surface area contributed by atoms with Crippen LogP contribution in [0, 0.1) is 0 Å². The van der Waals surface area contributed by atoms with Crippen molar-refractivity contribution in [2.45, 2.75) is 0 Å². The van der Waals surface area contributed by atoms with Crippen LogP contribution in [-0.2, 0) is 0 Å². The molecule has 0 saturated carbocycles. The third-order valence-electron chi connectivity index (χ3n) is 10.9. The van der Waals surface area contributed by atoms with Gasteiger partial charge in [0, 0.05) is 43.2 Å². The molecule has 2 nitrogen and oxygen atoms in total. The Morgan fingerprint density at radius 2 is 0.818 bits per heavy atom. The summed E-state index contributed by atoms with van der Waals surface area (Å²) in [5.41, 5.74) is 14.4. The Kier molecular flexibility index (Phi) is 7.39. The molecule has 0 unspecified atom stereocenters. The van der Waals surface area contributed by atoms with Crippen molar-refractivity contribution < 1.29 is 0 Å². The number of rotatable bonds is 6. The van der Waals surface area contributed by atoms with Gasteiger partial charge in [0.2, 0.25) is 0 Å². The summed E-state index contributed by atoms with van der Waals surface area (Å²) in [5.74, 6) is 0. The number of hydrogen-bond donors (Lipinski definition) is 0. The first-order chi connectivity index (χ1) is 27.3. The molecule has 0 aliphatic rings. The van der Waals surface area contributed by atoms with Crippen molar-refractivity contribution in [3.8, 4) is 55.3 Å². The van der Waals surface area contributed by atoms with E-state index in [-0.39, 0.29) is 0 Å². The van der Waals surface area contributed by atoms with E-state index in [0.29, 0.717) is 0 Å². The highest BCUT2D eigenvalue weighted by atomic mass is 32.1. The van der Waals surface area contributed by atoms with Crippen LogP contribution in [-0.4, -0.2) is 9.13 Å². The van der Waals surface area contributed by atoms with Crippen molar-refractivity contribution >= 4 is 54.1 Å². The Bertz CT molecular complexity index is 3100. The summed E-state index contributed by atoms with van der Waals surface area (Å²) < 4.78 is 6.32. The minimum absolute atomic E-state index is 1.13. The summed E-state index contributed by atoms with van der Waals surface area (Å²) >= 11 is 1.91. The second kappa shape index (κ2) is 12.9. The maximum atomic E-state index is 2.53. The summed E-state index contributed by atoms with van der Waals surface area (Å²) in [6, 6.07) is 75.0. The zero-order chi connectivity index (χ0) is 36.3. The lowest BCUT2D eigenvalue weighted by Gasteiger charge is -2.15. The lowest BCUT2D eigenvalue weighted by atomic mass is 9.94. The SMILES string of the molecule is c1ccc(-c2sc3c(c(-n4c5ccccc5c5ccccc54)cc4c(-c5ccccc5)c(-c5ccccc5)n(-c5ccccc5)c43)c2-c2ccccc2)cc1. The van der Waals surface area contributed by atoms with Crippen LogP contribution in [0.5, 0.6) is 0 Å². The topological polar surface area (TPSA) is 9.86 Å². The number of nitrogens with zero attached hydrogens (tertiary/aromatic N) is 2. The van der Waals surface area contributed by atoms with E-state index in [1.54, 1.807) is 0 Å². The molecular formula is C52H34N2S. The minimum Gasteiger partial charge on any atom is -0.309 e. The largest absolute Gasteiger partial charge is 0.309 e. The maximum absolute atomic E-state index is 2.53. The summed E-state index contributed by atoms with van der Waals surface area (Å²) in [6.07, 6.45) is 0. The Hall–Kier alpha value is -6.94. The van der Waals surface area contributed by atoms with E-state index in [1.807, 2.05) is 11.3 Å². The quantitative estimate of drug-likeness (QED) is 0.162. The van der Waals surface area contributed by atoms with Crippen molar-refractivity contribution in [2.24, 2.45) is 0 Å². The molecule has 0 atom stereocenters. The molecular weight excluding hydrogens is 685 g/mol. The van der Waals surface area contributed by atoms with Gasteiger partial charge in [-0.3, -0.25) is 0 Å². The number of benzene rings is 8. The van der Waals surface area contributed by atoms with E-state index in [1.165, 1.54) is 92.4 Å². The van der Waals surface area contributed by atoms with Gasteiger partial charge in [-0.1, -0.05) is 176 Å². The van der Waals surface area contributed by atoms with Crippen molar-refractivity contribution in [1.29, 1.82) is 0 Å². The molecule has 0 N–H and O–H groups in total. The van der Waals surface area contributed by atoms with E-state index < -0.39 is 0 Å². The van der Waals surface area contributed by atoms with Gasteiger partial charge in [0.1, 0.15) is 0 Å². The molecule has 0 fully saturated rings. The van der Waals surface area contributed by atoms with Gasteiger partial charge in [0.25, 0.3) is 0 Å². The number of thiophene rings is 1. The smallest absolute Gasteiger partial charge is 0.0721 e. The molecule has 0 saturated heterocycles. The van der Waals surface area contributed by atoms with Crippen LogP contribution in [0.15, 0.2) is 206 Å². The molecule has 8 aromatic carbocycles. The van der Waals surface area contributed by atoms with Gasteiger partial charge in [-0.15, -0.1) is 11.3 Å². The van der Waals surface area contributed by atoms with Crippen LogP contribution >= 0.6 is 11.3 Å². The molecule has 0 spiro atoms. The molecule has 0 bridgehead atoms. The van der Waals surface area contributed by atoms with Gasteiger partial charge < -0.3 is 9.13 Å². The summed E-state index contributed by atoms with van der Waals surface area (Å²) in [7, 11) is 0. The van der Waals surface area contributed by atoms with Crippen molar-refractivity contribution in [3.63, 3.8) is 0 Å². The van der Waals surface area contributed by atoms with Crippen LogP contribution in [0.3, 0.4) is 0 Å². The fourth-order valence-corrected chi connectivity index (χ4v) is 10.0. The molecule has 0 aliphatic heterocycles. The first-order valence-electron chi connectivity index (χ1n) is 18.8. The average molecular weight is 719 g/mol. The van der Waals surface area contributed by atoms with Gasteiger partial charge >= 0.3 is 0 Å². The third-order valence-corrected chi connectivity index (χ3v) is 12.2. The lowest BCUT2D eigenvalue weighted by Crippen LogP contribution is -1.99. The number of fused-ring (bicyclic) bond motifs is 6. The molecule has 258 valence electrons. The highest BCUT2D eigenvalue weighted by molar-refractivity contribution is 7.24. The molecule has 3 aromatic heterocycles. The highest BCUT2D eigenvalue weighted by Crippen LogP contribution is 2.54. The predicted molar refractivity (Wildman–Crippen MR) is 235 cm³/mol. The monoisotopic (exact) mass is 718 g/mol. The van der Waals surface area contributed by atoms with Gasteiger partial charge in [0.05, 0.1) is 32.6 Å². The predicted octanol–water partition coefficient (Wildman–Crippen LogP) is 14.6. The zero-order valence-electron chi connectivity index (χ0n) is 29.9. The molecule has 11 rings (SSSR count). The van der Waals surface area contributed by atoms with E-state index in [9.17, 15) is 0 Å². The first-order valence-corrected chi connectivity index (χ1v) is 19.6. The van der Waals surface area contributed by atoms with Gasteiger partial charge in [0.15, 0.2) is 0 Å². The molecule has 3 heterocycles. The molecule has 0 aliphatic carbocycles. The molecule has 0 radical (unpaired) electrons. The van der Waals surface area contributed by atoms with Gasteiger partial charge in [-0.25, -0.2) is 0 Å². The van der Waals surface area contributed by atoms with Crippen molar-refractivity contribution in [1.82, 2.24) is 9.13 Å². The fraction of sp³-hybridized carbons (Fsp3) is 0. The van der Waals surface area contributed by atoms with Crippen LogP contribution < -0.4 is 0 Å². The van der Waals surface area contributed by atoms with E-state index in [4.69, 9.17) is 0 Å². The zero-order valence-corrected chi connectivity index (χ0v) is 30.7. The number of para-hydroxylation sites is 3.